The third-order valence-electron chi connectivity index (χ3n) is 2.99. The highest BCUT2D eigenvalue weighted by Gasteiger charge is 2.23. The summed E-state index contributed by atoms with van der Waals surface area (Å²) < 4.78 is 0. The van der Waals surface area contributed by atoms with Gasteiger partial charge in [-0.05, 0) is 11.6 Å². The van der Waals surface area contributed by atoms with Gasteiger partial charge >= 0.3 is 11.4 Å². The summed E-state index contributed by atoms with van der Waals surface area (Å²) in [7, 11) is 0. The molecule has 128 valence electrons. The monoisotopic (exact) mass is 359 g/mol. The van der Waals surface area contributed by atoms with Crippen molar-refractivity contribution in [3.8, 4) is 0 Å². The third-order valence-corrected chi connectivity index (χ3v) is 3.84. The van der Waals surface area contributed by atoms with Crippen LogP contribution in [0.4, 0.5) is 11.4 Å². The number of hydrogen-bond donors (Lipinski definition) is 1. The largest absolute Gasteiger partial charge is 0.377 e. The van der Waals surface area contributed by atoms with Crippen molar-refractivity contribution in [2.24, 2.45) is 15.9 Å². The zero-order valence-electron chi connectivity index (χ0n) is 12.8. The van der Waals surface area contributed by atoms with Crippen molar-refractivity contribution in [2.75, 3.05) is 0 Å². The summed E-state index contributed by atoms with van der Waals surface area (Å²) in [6.07, 6.45) is 1.24. The van der Waals surface area contributed by atoms with E-state index in [2.05, 4.69) is 10.2 Å². The molecule has 25 heavy (non-hydrogen) atoms. The van der Waals surface area contributed by atoms with Crippen LogP contribution in [0.25, 0.3) is 0 Å². The highest BCUT2D eigenvalue weighted by atomic mass is 32.2. The number of rotatable bonds is 6. The highest BCUT2D eigenvalue weighted by Crippen LogP contribution is 2.26. The van der Waals surface area contributed by atoms with Crippen LogP contribution in [0.3, 0.4) is 0 Å². The molecule has 9 nitrogen and oxygen atoms in total. The molecule has 0 aliphatic heterocycles. The number of amidine groups is 1. The van der Waals surface area contributed by atoms with Gasteiger partial charge in [-0.2, -0.15) is 5.10 Å². The van der Waals surface area contributed by atoms with Gasteiger partial charge in [-0.3, -0.25) is 20.2 Å². The summed E-state index contributed by atoms with van der Waals surface area (Å²) in [4.78, 5) is 20.0. The molecular formula is C15H13N5O4S. The number of nitrogens with two attached hydrogens (primary N) is 1. The molecule has 0 heterocycles. The highest BCUT2D eigenvalue weighted by molar-refractivity contribution is 8.13. The van der Waals surface area contributed by atoms with E-state index in [-0.39, 0.29) is 5.17 Å². The number of hydrogen-bond acceptors (Lipinski definition) is 7. The molecule has 2 rings (SSSR count). The van der Waals surface area contributed by atoms with E-state index in [0.717, 1.165) is 17.7 Å². The van der Waals surface area contributed by atoms with Crippen molar-refractivity contribution in [3.05, 3.63) is 79.9 Å². The van der Waals surface area contributed by atoms with Gasteiger partial charge in [0, 0.05) is 23.4 Å². The number of thioether (sulfide) groups is 1. The van der Waals surface area contributed by atoms with E-state index >= 15 is 0 Å². The maximum atomic E-state index is 10.9. The maximum Gasteiger partial charge on any atom is 0.346 e. The molecular weight excluding hydrogens is 346 g/mol. The van der Waals surface area contributed by atoms with Gasteiger partial charge in [0.05, 0.1) is 16.1 Å². The lowest BCUT2D eigenvalue weighted by atomic mass is 10.2. The van der Waals surface area contributed by atoms with Gasteiger partial charge in [-0.25, -0.2) is 0 Å². The van der Waals surface area contributed by atoms with E-state index in [1.165, 1.54) is 24.0 Å². The molecule has 0 fully saturated rings. The van der Waals surface area contributed by atoms with Crippen molar-refractivity contribution >= 4 is 34.5 Å². The molecule has 0 aliphatic rings. The van der Waals surface area contributed by atoms with Crippen LogP contribution in [0.2, 0.25) is 0 Å². The third kappa shape index (κ3) is 5.39. The van der Waals surface area contributed by atoms with Crippen molar-refractivity contribution in [2.45, 2.75) is 5.75 Å². The average molecular weight is 359 g/mol. The summed E-state index contributed by atoms with van der Waals surface area (Å²) in [5, 5.41) is 29.4. The Morgan fingerprint density at radius 1 is 1.08 bits per heavy atom. The Labute approximate surface area is 146 Å². The summed E-state index contributed by atoms with van der Waals surface area (Å²) in [6.45, 7) is 0. The number of benzene rings is 2. The van der Waals surface area contributed by atoms with E-state index in [9.17, 15) is 20.2 Å². The van der Waals surface area contributed by atoms with Crippen LogP contribution >= 0.6 is 11.8 Å². The Morgan fingerprint density at radius 3 is 2.40 bits per heavy atom. The lowest BCUT2D eigenvalue weighted by molar-refractivity contribution is -0.422. The van der Waals surface area contributed by atoms with Crippen LogP contribution in [0.5, 0.6) is 0 Å². The van der Waals surface area contributed by atoms with Crippen molar-refractivity contribution in [3.63, 3.8) is 0 Å². The second-order valence-electron chi connectivity index (χ2n) is 4.72. The molecule has 2 N–H and O–H groups in total. The second kappa shape index (κ2) is 8.55. The van der Waals surface area contributed by atoms with Gasteiger partial charge in [0.1, 0.15) is 0 Å². The molecule has 0 spiro atoms. The zero-order chi connectivity index (χ0) is 18.2. The van der Waals surface area contributed by atoms with Crippen LogP contribution < -0.4 is 5.73 Å². The van der Waals surface area contributed by atoms with Crippen molar-refractivity contribution in [1.29, 1.82) is 0 Å². The minimum Gasteiger partial charge on any atom is -0.377 e. The SMILES string of the molecule is NC(=NN=Cc1ccc([N+](=O)[O-])c([N+](=O)[O-])c1)SCc1ccccc1. The fourth-order valence-corrected chi connectivity index (χ4v) is 2.45. The van der Waals surface area contributed by atoms with Gasteiger partial charge in [0.15, 0.2) is 5.17 Å². The summed E-state index contributed by atoms with van der Waals surface area (Å²) in [5.74, 6) is 0.634. The zero-order valence-corrected chi connectivity index (χ0v) is 13.6. The lowest BCUT2D eigenvalue weighted by Gasteiger charge is -1.99. The quantitative estimate of drug-likeness (QED) is 0.364. The first-order chi connectivity index (χ1) is 12.0. The Hall–Kier alpha value is -3.27. The first-order valence-electron chi connectivity index (χ1n) is 6.93. The predicted molar refractivity (Wildman–Crippen MR) is 96.7 cm³/mol. The van der Waals surface area contributed by atoms with Crippen LogP contribution in [0.1, 0.15) is 11.1 Å². The summed E-state index contributed by atoms with van der Waals surface area (Å²) >= 11 is 1.30. The van der Waals surface area contributed by atoms with E-state index in [1.54, 1.807) is 0 Å². The molecule has 0 amide bonds. The minimum atomic E-state index is -0.817. The molecule has 10 heteroatoms. The Morgan fingerprint density at radius 2 is 1.76 bits per heavy atom. The van der Waals surface area contributed by atoms with Gasteiger partial charge in [0.25, 0.3) is 0 Å². The molecule has 0 saturated carbocycles. The molecule has 0 saturated heterocycles. The minimum absolute atomic E-state index is 0.233. The molecule has 0 aromatic heterocycles. The van der Waals surface area contributed by atoms with E-state index in [0.29, 0.717) is 11.3 Å². The lowest BCUT2D eigenvalue weighted by Crippen LogP contribution is -2.06. The summed E-state index contributed by atoms with van der Waals surface area (Å²) in [5.41, 5.74) is 5.93. The maximum absolute atomic E-state index is 10.9. The van der Waals surface area contributed by atoms with E-state index in [4.69, 9.17) is 5.73 Å². The smallest absolute Gasteiger partial charge is 0.346 e. The van der Waals surface area contributed by atoms with E-state index in [1.807, 2.05) is 30.3 Å². The Kier molecular flexibility index (Phi) is 6.18. The topological polar surface area (TPSA) is 137 Å². The molecule has 0 unspecified atom stereocenters. The van der Waals surface area contributed by atoms with Gasteiger partial charge in [0.2, 0.25) is 0 Å². The fourth-order valence-electron chi connectivity index (χ4n) is 1.83. The van der Waals surface area contributed by atoms with Crippen molar-refractivity contribution in [1.82, 2.24) is 0 Å². The van der Waals surface area contributed by atoms with Crippen molar-refractivity contribution < 1.29 is 9.85 Å². The molecule has 0 bridgehead atoms. The molecule has 2 aromatic rings. The number of nitrogens with zero attached hydrogens (tertiary/aromatic N) is 4. The van der Waals surface area contributed by atoms with Gasteiger partial charge in [-0.15, -0.1) is 5.10 Å². The Balaban J connectivity index is 2.04. The fraction of sp³-hybridized carbons (Fsp3) is 0.0667. The first kappa shape index (κ1) is 18.1. The molecule has 0 aliphatic carbocycles. The number of nitro benzene ring substituents is 2. The first-order valence-corrected chi connectivity index (χ1v) is 7.92. The predicted octanol–water partition coefficient (Wildman–Crippen LogP) is 3.09. The normalized spacial score (nSPS) is 11.6. The molecule has 0 radical (unpaired) electrons. The summed E-state index contributed by atoms with van der Waals surface area (Å²) in [6, 6.07) is 13.1. The standard InChI is InChI=1S/C15H13N5O4S/c16-15(25-10-11-4-2-1-3-5-11)18-17-9-12-6-7-13(19(21)22)14(8-12)20(23)24/h1-9H,10H2,(H2,16,18). The molecule has 0 atom stereocenters. The second-order valence-corrected chi connectivity index (χ2v) is 5.72. The number of nitro groups is 2. The van der Waals surface area contributed by atoms with Gasteiger partial charge < -0.3 is 5.73 Å². The van der Waals surface area contributed by atoms with Crippen LogP contribution in [-0.2, 0) is 5.75 Å². The molecule has 2 aromatic carbocycles. The van der Waals surface area contributed by atoms with Crippen LogP contribution in [0, 0.1) is 20.2 Å². The Bertz CT molecular complexity index is 839. The van der Waals surface area contributed by atoms with Crippen LogP contribution in [-0.4, -0.2) is 21.2 Å². The van der Waals surface area contributed by atoms with Crippen LogP contribution in [0.15, 0.2) is 58.7 Å². The van der Waals surface area contributed by atoms with Gasteiger partial charge in [-0.1, -0.05) is 42.1 Å². The average Bonchev–Trinajstić information content (AvgIpc) is 2.60. The van der Waals surface area contributed by atoms with E-state index < -0.39 is 21.2 Å².